The second kappa shape index (κ2) is 8.53. The zero-order valence-corrected chi connectivity index (χ0v) is 18.6. The average molecular weight is 482 g/mol. The number of benzene rings is 1. The molecule has 0 bridgehead atoms. The minimum Gasteiger partial charge on any atom is -0.398 e. The van der Waals surface area contributed by atoms with Gasteiger partial charge in [0.25, 0.3) is 5.91 Å². The van der Waals surface area contributed by atoms with E-state index < -0.39 is 18.6 Å². The number of amides is 1. The fraction of sp³-hybridized carbons (Fsp3) is 0.261. The Morgan fingerprint density at radius 2 is 2.03 bits per heavy atom. The lowest BCUT2D eigenvalue weighted by Gasteiger charge is -2.13. The van der Waals surface area contributed by atoms with Gasteiger partial charge in [-0.3, -0.25) is 4.79 Å². The van der Waals surface area contributed by atoms with Crippen LogP contribution < -0.4 is 11.1 Å². The SMILES string of the molecule is Cc1cc(N)c(C(=O)Nc2cccc(-c3nncn3CC(F)(F)F)n2)cc1-n1cnc(C2CC2)c1. The Morgan fingerprint density at radius 3 is 2.77 bits per heavy atom. The molecule has 5 rings (SSSR count). The van der Waals surface area contributed by atoms with Gasteiger partial charge in [-0.15, -0.1) is 10.2 Å². The fourth-order valence-electron chi connectivity index (χ4n) is 3.83. The number of carbonyl (C=O) groups excluding carboxylic acids is 1. The maximum Gasteiger partial charge on any atom is 0.406 e. The van der Waals surface area contributed by atoms with Crippen LogP contribution in [0.5, 0.6) is 0 Å². The van der Waals surface area contributed by atoms with E-state index in [0.717, 1.165) is 40.7 Å². The summed E-state index contributed by atoms with van der Waals surface area (Å²) in [5, 5.41) is 9.97. The number of pyridine rings is 1. The molecular weight excluding hydrogens is 461 g/mol. The van der Waals surface area contributed by atoms with Crippen molar-refractivity contribution in [2.75, 3.05) is 11.1 Å². The van der Waals surface area contributed by atoms with Crippen molar-refractivity contribution in [3.05, 3.63) is 66.0 Å². The first-order chi connectivity index (χ1) is 16.7. The maximum atomic E-state index is 13.1. The third-order valence-electron chi connectivity index (χ3n) is 5.67. The first-order valence-electron chi connectivity index (χ1n) is 10.9. The van der Waals surface area contributed by atoms with Gasteiger partial charge in [0.1, 0.15) is 24.4 Å². The molecule has 1 aliphatic rings. The summed E-state index contributed by atoms with van der Waals surface area (Å²) in [4.78, 5) is 21.8. The van der Waals surface area contributed by atoms with Crippen LogP contribution in [0, 0.1) is 6.92 Å². The van der Waals surface area contributed by atoms with E-state index in [4.69, 9.17) is 5.73 Å². The third kappa shape index (κ3) is 4.86. The van der Waals surface area contributed by atoms with Crippen LogP contribution in [-0.4, -0.2) is 41.4 Å². The molecule has 1 fully saturated rings. The van der Waals surface area contributed by atoms with Gasteiger partial charge >= 0.3 is 6.18 Å². The summed E-state index contributed by atoms with van der Waals surface area (Å²) >= 11 is 0. The number of aromatic nitrogens is 6. The van der Waals surface area contributed by atoms with Crippen LogP contribution in [0.25, 0.3) is 17.2 Å². The summed E-state index contributed by atoms with van der Waals surface area (Å²) in [6.45, 7) is 0.638. The number of carbonyl (C=O) groups is 1. The highest BCUT2D eigenvalue weighted by molar-refractivity contribution is 6.08. The molecule has 1 aromatic carbocycles. The number of nitrogens with zero attached hydrogens (tertiary/aromatic N) is 6. The van der Waals surface area contributed by atoms with Crippen LogP contribution >= 0.6 is 0 Å². The van der Waals surface area contributed by atoms with Crippen LogP contribution in [0.4, 0.5) is 24.7 Å². The lowest BCUT2D eigenvalue weighted by molar-refractivity contribution is -0.140. The molecule has 0 unspecified atom stereocenters. The molecule has 12 heteroatoms. The molecule has 1 amide bonds. The van der Waals surface area contributed by atoms with Crippen LogP contribution in [0.2, 0.25) is 0 Å². The Bertz CT molecular complexity index is 1400. The van der Waals surface area contributed by atoms with E-state index in [1.54, 1.807) is 24.5 Å². The predicted octanol–water partition coefficient (Wildman–Crippen LogP) is 4.11. The normalized spacial score (nSPS) is 13.7. The van der Waals surface area contributed by atoms with Crippen molar-refractivity contribution in [1.82, 2.24) is 29.3 Å². The predicted molar refractivity (Wildman–Crippen MR) is 122 cm³/mol. The maximum absolute atomic E-state index is 13.1. The number of halogens is 3. The highest BCUT2D eigenvalue weighted by atomic mass is 19.4. The van der Waals surface area contributed by atoms with E-state index >= 15 is 0 Å². The Labute approximate surface area is 197 Å². The second-order valence-corrected chi connectivity index (χ2v) is 8.47. The zero-order chi connectivity index (χ0) is 24.7. The monoisotopic (exact) mass is 482 g/mol. The lowest BCUT2D eigenvalue weighted by Crippen LogP contribution is -2.18. The molecule has 0 radical (unpaired) electrons. The average Bonchev–Trinajstić information content (AvgIpc) is 3.34. The Kier molecular flexibility index (Phi) is 5.50. The quantitative estimate of drug-likeness (QED) is 0.400. The van der Waals surface area contributed by atoms with Crippen LogP contribution in [0.1, 0.15) is 40.4 Å². The van der Waals surface area contributed by atoms with Crippen molar-refractivity contribution in [2.45, 2.75) is 38.4 Å². The van der Waals surface area contributed by atoms with Gasteiger partial charge in [-0.05, 0) is 49.6 Å². The summed E-state index contributed by atoms with van der Waals surface area (Å²) in [6, 6.07) is 7.96. The molecule has 3 N–H and O–H groups in total. The molecule has 0 atom stereocenters. The smallest absolute Gasteiger partial charge is 0.398 e. The van der Waals surface area contributed by atoms with Gasteiger partial charge in [0, 0.05) is 17.8 Å². The largest absolute Gasteiger partial charge is 0.406 e. The number of alkyl halides is 3. The minimum absolute atomic E-state index is 0.0675. The summed E-state index contributed by atoms with van der Waals surface area (Å²) in [7, 11) is 0. The van der Waals surface area contributed by atoms with E-state index in [2.05, 4.69) is 25.5 Å². The zero-order valence-electron chi connectivity index (χ0n) is 18.6. The summed E-state index contributed by atoms with van der Waals surface area (Å²) in [5.41, 5.74) is 9.46. The number of nitrogen functional groups attached to an aromatic ring is 1. The summed E-state index contributed by atoms with van der Waals surface area (Å²) < 4.78 is 41.3. The highest BCUT2D eigenvalue weighted by Gasteiger charge is 2.30. The number of imidazole rings is 1. The van der Waals surface area contributed by atoms with Gasteiger partial charge in [-0.1, -0.05) is 6.07 Å². The van der Waals surface area contributed by atoms with Crippen molar-refractivity contribution in [2.24, 2.45) is 0 Å². The Balaban J connectivity index is 1.40. The molecule has 35 heavy (non-hydrogen) atoms. The Hall–Kier alpha value is -4.22. The number of hydrogen-bond donors (Lipinski definition) is 2. The molecule has 4 aromatic rings. The standard InChI is InChI=1S/C23H21F3N8O/c1-13-7-16(27)15(8-19(13)33-9-18(28-11-33)14-5-6-14)22(35)31-20-4-2-3-17(30-20)21-32-29-12-34(21)10-23(24,25)26/h2-4,7-9,11-12,14H,5-6,10,27H2,1H3,(H,30,31,35). The highest BCUT2D eigenvalue weighted by Crippen LogP contribution is 2.39. The first kappa shape index (κ1) is 22.6. The van der Waals surface area contributed by atoms with Gasteiger partial charge in [-0.25, -0.2) is 9.97 Å². The summed E-state index contributed by atoms with van der Waals surface area (Å²) in [6.07, 6.45) is 2.47. The van der Waals surface area contributed by atoms with Crippen molar-refractivity contribution < 1.29 is 18.0 Å². The number of anilines is 2. The number of aryl methyl sites for hydroxylation is 1. The number of rotatable bonds is 6. The van der Waals surface area contributed by atoms with Crippen molar-refractivity contribution in [3.63, 3.8) is 0 Å². The molecule has 3 aromatic heterocycles. The van der Waals surface area contributed by atoms with Crippen LogP contribution in [-0.2, 0) is 6.54 Å². The number of hydrogen-bond acceptors (Lipinski definition) is 6. The van der Waals surface area contributed by atoms with Crippen LogP contribution in [0.15, 0.2) is 49.2 Å². The minimum atomic E-state index is -4.45. The molecule has 180 valence electrons. The molecule has 1 saturated carbocycles. The Morgan fingerprint density at radius 1 is 1.23 bits per heavy atom. The van der Waals surface area contributed by atoms with Gasteiger partial charge in [0.05, 0.1) is 23.3 Å². The fourth-order valence-corrected chi connectivity index (χ4v) is 3.83. The van der Waals surface area contributed by atoms with Crippen molar-refractivity contribution >= 4 is 17.4 Å². The van der Waals surface area contributed by atoms with Crippen molar-refractivity contribution in [3.8, 4) is 17.2 Å². The third-order valence-corrected chi connectivity index (χ3v) is 5.67. The first-order valence-corrected chi connectivity index (χ1v) is 10.9. The molecule has 0 aliphatic heterocycles. The molecule has 0 spiro atoms. The van der Waals surface area contributed by atoms with Gasteiger partial charge in [-0.2, -0.15) is 13.2 Å². The van der Waals surface area contributed by atoms with Gasteiger partial charge in [0.15, 0.2) is 5.82 Å². The van der Waals surface area contributed by atoms with E-state index in [0.29, 0.717) is 5.92 Å². The number of nitrogens with two attached hydrogens (primary N) is 1. The van der Waals surface area contributed by atoms with Gasteiger partial charge in [0.2, 0.25) is 0 Å². The lowest BCUT2D eigenvalue weighted by atomic mass is 10.1. The van der Waals surface area contributed by atoms with E-state index in [-0.39, 0.29) is 28.6 Å². The van der Waals surface area contributed by atoms with Crippen molar-refractivity contribution in [1.29, 1.82) is 0 Å². The van der Waals surface area contributed by atoms with E-state index in [9.17, 15) is 18.0 Å². The van der Waals surface area contributed by atoms with Crippen LogP contribution in [0.3, 0.4) is 0 Å². The number of nitrogens with one attached hydrogen (secondary N) is 1. The topological polar surface area (TPSA) is 117 Å². The van der Waals surface area contributed by atoms with Gasteiger partial charge < -0.3 is 20.2 Å². The molecule has 1 aliphatic carbocycles. The van der Waals surface area contributed by atoms with E-state index in [1.165, 1.54) is 12.1 Å². The van der Waals surface area contributed by atoms with E-state index in [1.807, 2.05) is 17.7 Å². The molecular formula is C23H21F3N8O. The summed E-state index contributed by atoms with van der Waals surface area (Å²) in [5.74, 6) is 0.0532. The molecule has 3 heterocycles. The molecule has 0 saturated heterocycles. The molecule has 9 nitrogen and oxygen atoms in total. The second-order valence-electron chi connectivity index (χ2n) is 8.47.